The largest absolute Gasteiger partial charge is 0.493 e. The summed E-state index contributed by atoms with van der Waals surface area (Å²) in [5.74, 6) is -0.917. The number of carbonyl (C=O) groups excluding carboxylic acids is 2. The van der Waals surface area contributed by atoms with Crippen molar-refractivity contribution in [3.63, 3.8) is 0 Å². The van der Waals surface area contributed by atoms with E-state index in [-0.39, 0.29) is 37.9 Å². The average molecular weight is 364 g/mol. The first kappa shape index (κ1) is 21.5. The van der Waals surface area contributed by atoms with Gasteiger partial charge in [-0.15, -0.1) is 0 Å². The van der Waals surface area contributed by atoms with E-state index in [4.69, 9.17) is 4.74 Å². The van der Waals surface area contributed by atoms with E-state index in [9.17, 15) is 19.5 Å². The molecule has 1 aromatic rings. The molecule has 0 aromatic heterocycles. The second kappa shape index (κ2) is 9.79. The number of hydrogen-bond donors (Lipinski definition) is 2. The van der Waals surface area contributed by atoms with Gasteiger partial charge in [0, 0.05) is 20.0 Å². The van der Waals surface area contributed by atoms with Gasteiger partial charge in [0.05, 0.1) is 13.0 Å². The molecule has 1 aromatic carbocycles. The third-order valence-corrected chi connectivity index (χ3v) is 4.21. The van der Waals surface area contributed by atoms with Crippen molar-refractivity contribution >= 4 is 17.8 Å². The molecule has 0 saturated heterocycles. The maximum Gasteiger partial charge on any atom is 0.326 e. The van der Waals surface area contributed by atoms with Crippen molar-refractivity contribution in [1.29, 1.82) is 0 Å². The molecular weight excluding hydrogens is 336 g/mol. The van der Waals surface area contributed by atoms with Gasteiger partial charge in [0.1, 0.15) is 11.8 Å². The minimum Gasteiger partial charge on any atom is -0.493 e. The zero-order valence-electron chi connectivity index (χ0n) is 16.1. The highest BCUT2D eigenvalue weighted by molar-refractivity contribution is 5.83. The van der Waals surface area contributed by atoms with Gasteiger partial charge in [-0.3, -0.25) is 9.59 Å². The molecule has 0 heterocycles. The second-order valence-electron chi connectivity index (χ2n) is 6.39. The van der Waals surface area contributed by atoms with Crippen molar-refractivity contribution in [3.8, 4) is 5.75 Å². The van der Waals surface area contributed by atoms with E-state index in [1.165, 1.54) is 18.7 Å². The standard InChI is InChI=1S/C19H28N2O5/c1-12-10-13(2)14(3)17(11-12)26-9-6-18(23)21(15(4)19(24)25)8-7-20-16(5)22/h10-11,15H,6-9H2,1-5H3,(H,20,22)(H,24,25). The number of ether oxygens (including phenoxy) is 1. The zero-order chi connectivity index (χ0) is 19.9. The Kier molecular flexibility index (Phi) is 8.09. The summed E-state index contributed by atoms with van der Waals surface area (Å²) in [6, 6.07) is 3.01. The monoisotopic (exact) mass is 364 g/mol. The summed E-state index contributed by atoms with van der Waals surface area (Å²) in [5.41, 5.74) is 3.21. The lowest BCUT2D eigenvalue weighted by atomic mass is 10.1. The predicted octanol–water partition coefficient (Wildman–Crippen LogP) is 1.82. The SMILES string of the molecule is CC(=O)NCCN(C(=O)CCOc1cc(C)cc(C)c1C)C(C)C(=O)O. The minimum absolute atomic E-state index is 0.0596. The Morgan fingerprint density at radius 3 is 2.46 bits per heavy atom. The Morgan fingerprint density at radius 1 is 1.23 bits per heavy atom. The van der Waals surface area contributed by atoms with Crippen LogP contribution in [0.2, 0.25) is 0 Å². The lowest BCUT2D eigenvalue weighted by Gasteiger charge is -2.26. The summed E-state index contributed by atoms with van der Waals surface area (Å²) in [7, 11) is 0. The summed E-state index contributed by atoms with van der Waals surface area (Å²) in [4.78, 5) is 35.9. The maximum atomic E-state index is 12.4. The van der Waals surface area contributed by atoms with Crippen LogP contribution in [0.3, 0.4) is 0 Å². The van der Waals surface area contributed by atoms with Gasteiger partial charge in [-0.25, -0.2) is 4.79 Å². The number of carbonyl (C=O) groups is 3. The minimum atomic E-state index is -1.09. The van der Waals surface area contributed by atoms with Gasteiger partial charge < -0.3 is 20.1 Å². The molecule has 0 spiro atoms. The molecule has 1 rings (SSSR count). The second-order valence-corrected chi connectivity index (χ2v) is 6.39. The van der Waals surface area contributed by atoms with E-state index in [0.29, 0.717) is 0 Å². The van der Waals surface area contributed by atoms with E-state index in [0.717, 1.165) is 22.4 Å². The summed E-state index contributed by atoms with van der Waals surface area (Å²) < 4.78 is 5.74. The third kappa shape index (κ3) is 6.38. The zero-order valence-corrected chi connectivity index (χ0v) is 16.1. The van der Waals surface area contributed by atoms with E-state index >= 15 is 0 Å². The first-order valence-corrected chi connectivity index (χ1v) is 8.60. The number of benzene rings is 1. The highest BCUT2D eigenvalue weighted by Gasteiger charge is 2.25. The van der Waals surface area contributed by atoms with Crippen LogP contribution in [0.5, 0.6) is 5.75 Å². The molecule has 1 atom stereocenters. The highest BCUT2D eigenvalue weighted by atomic mass is 16.5. The summed E-state index contributed by atoms with van der Waals surface area (Å²) in [5, 5.41) is 11.8. The van der Waals surface area contributed by atoms with E-state index in [1.54, 1.807) is 0 Å². The van der Waals surface area contributed by atoms with Gasteiger partial charge in [-0.05, 0) is 50.5 Å². The fourth-order valence-electron chi connectivity index (χ4n) is 2.56. The van der Waals surface area contributed by atoms with Gasteiger partial charge in [-0.2, -0.15) is 0 Å². The Bertz CT molecular complexity index is 672. The van der Waals surface area contributed by atoms with Crippen LogP contribution >= 0.6 is 0 Å². The van der Waals surface area contributed by atoms with Gasteiger partial charge >= 0.3 is 5.97 Å². The smallest absolute Gasteiger partial charge is 0.326 e. The molecule has 7 heteroatoms. The molecule has 7 nitrogen and oxygen atoms in total. The molecule has 144 valence electrons. The fourth-order valence-corrected chi connectivity index (χ4v) is 2.56. The van der Waals surface area contributed by atoms with Crippen LogP contribution in [0, 0.1) is 20.8 Å². The lowest BCUT2D eigenvalue weighted by molar-refractivity contribution is -0.149. The van der Waals surface area contributed by atoms with E-state index in [2.05, 4.69) is 11.4 Å². The quantitative estimate of drug-likeness (QED) is 0.697. The van der Waals surface area contributed by atoms with Crippen molar-refractivity contribution in [2.45, 2.75) is 47.1 Å². The molecule has 0 aliphatic carbocycles. The fraction of sp³-hybridized carbons (Fsp3) is 0.526. The summed E-state index contributed by atoms with van der Waals surface area (Å²) >= 11 is 0. The number of carboxylic acids is 1. The Labute approximate surface area is 154 Å². The van der Waals surface area contributed by atoms with Crippen molar-refractivity contribution in [2.24, 2.45) is 0 Å². The average Bonchev–Trinajstić information content (AvgIpc) is 2.54. The van der Waals surface area contributed by atoms with Crippen molar-refractivity contribution in [2.75, 3.05) is 19.7 Å². The molecular formula is C19H28N2O5. The van der Waals surface area contributed by atoms with Crippen LogP contribution in [-0.4, -0.2) is 53.5 Å². The highest BCUT2D eigenvalue weighted by Crippen LogP contribution is 2.23. The molecule has 0 aliphatic rings. The van der Waals surface area contributed by atoms with Gasteiger partial charge in [-0.1, -0.05) is 6.07 Å². The van der Waals surface area contributed by atoms with Crippen molar-refractivity contribution < 1.29 is 24.2 Å². The number of aryl methyl sites for hydroxylation is 2. The topological polar surface area (TPSA) is 95.9 Å². The Morgan fingerprint density at radius 2 is 1.88 bits per heavy atom. The van der Waals surface area contributed by atoms with Crippen LogP contribution < -0.4 is 10.1 Å². The van der Waals surface area contributed by atoms with Crippen molar-refractivity contribution in [1.82, 2.24) is 10.2 Å². The van der Waals surface area contributed by atoms with Gasteiger partial charge in [0.25, 0.3) is 0 Å². The molecule has 0 aliphatic heterocycles. The molecule has 0 radical (unpaired) electrons. The number of amides is 2. The number of nitrogens with one attached hydrogen (secondary N) is 1. The van der Waals surface area contributed by atoms with Crippen LogP contribution in [0.1, 0.15) is 37.0 Å². The van der Waals surface area contributed by atoms with Gasteiger partial charge in [0.15, 0.2) is 0 Å². The first-order chi connectivity index (χ1) is 12.1. The van der Waals surface area contributed by atoms with Crippen LogP contribution in [-0.2, 0) is 14.4 Å². The number of nitrogens with zero attached hydrogens (tertiary/aromatic N) is 1. The van der Waals surface area contributed by atoms with Crippen molar-refractivity contribution in [3.05, 3.63) is 28.8 Å². The first-order valence-electron chi connectivity index (χ1n) is 8.60. The molecule has 2 N–H and O–H groups in total. The molecule has 0 saturated carbocycles. The lowest BCUT2D eigenvalue weighted by Crippen LogP contribution is -2.47. The Balaban J connectivity index is 2.68. The maximum absolute atomic E-state index is 12.4. The number of hydrogen-bond acceptors (Lipinski definition) is 4. The van der Waals surface area contributed by atoms with E-state index in [1.807, 2.05) is 26.8 Å². The van der Waals surface area contributed by atoms with Crippen LogP contribution in [0.15, 0.2) is 12.1 Å². The molecule has 26 heavy (non-hydrogen) atoms. The molecule has 0 bridgehead atoms. The van der Waals surface area contributed by atoms with Gasteiger partial charge in [0.2, 0.25) is 11.8 Å². The summed E-state index contributed by atoms with van der Waals surface area (Å²) in [6.45, 7) is 9.24. The third-order valence-electron chi connectivity index (χ3n) is 4.21. The molecule has 2 amide bonds. The molecule has 0 fully saturated rings. The van der Waals surface area contributed by atoms with Crippen LogP contribution in [0.4, 0.5) is 0 Å². The number of aliphatic carboxylic acids is 1. The predicted molar refractivity (Wildman–Crippen MR) is 98.3 cm³/mol. The molecule has 1 unspecified atom stereocenters. The normalized spacial score (nSPS) is 11.6. The van der Waals surface area contributed by atoms with E-state index < -0.39 is 12.0 Å². The Hall–Kier alpha value is -2.57. The summed E-state index contributed by atoms with van der Waals surface area (Å²) in [6.07, 6.45) is 0.0596. The number of carboxylic acid groups (broad SMARTS) is 1. The van der Waals surface area contributed by atoms with Crippen LogP contribution in [0.25, 0.3) is 0 Å². The number of rotatable bonds is 9.